The van der Waals surface area contributed by atoms with E-state index in [9.17, 15) is 9.18 Å². The van der Waals surface area contributed by atoms with E-state index in [4.69, 9.17) is 16.7 Å². The first-order valence-electron chi connectivity index (χ1n) is 6.65. The Kier molecular flexibility index (Phi) is 5.34. The number of halogens is 2. The molecule has 0 unspecified atom stereocenters. The monoisotopic (exact) mass is 300 g/mol. The van der Waals surface area contributed by atoms with Crippen LogP contribution in [-0.4, -0.2) is 60.1 Å². The minimum atomic E-state index is -0.399. The van der Waals surface area contributed by atoms with Gasteiger partial charge in [0.05, 0.1) is 13.0 Å². The molecule has 1 saturated heterocycles. The number of carbonyl (C=O) groups excluding carboxylic acids is 1. The maximum atomic E-state index is 12.9. The number of amides is 1. The van der Waals surface area contributed by atoms with Crippen molar-refractivity contribution < 1.29 is 14.3 Å². The van der Waals surface area contributed by atoms with Gasteiger partial charge in [-0.05, 0) is 17.7 Å². The van der Waals surface area contributed by atoms with E-state index in [0.29, 0.717) is 25.2 Å². The zero-order chi connectivity index (χ0) is 14.5. The molecule has 1 aromatic rings. The molecule has 1 amide bonds. The predicted octanol–water partition coefficient (Wildman–Crippen LogP) is 1.16. The second kappa shape index (κ2) is 7.02. The van der Waals surface area contributed by atoms with Crippen molar-refractivity contribution in [1.82, 2.24) is 9.80 Å². The van der Waals surface area contributed by atoms with E-state index in [1.807, 2.05) is 0 Å². The molecule has 1 fully saturated rings. The van der Waals surface area contributed by atoms with Gasteiger partial charge in [0.15, 0.2) is 0 Å². The van der Waals surface area contributed by atoms with Crippen LogP contribution in [0.5, 0.6) is 0 Å². The minimum absolute atomic E-state index is 0.00200. The van der Waals surface area contributed by atoms with E-state index < -0.39 is 5.82 Å². The van der Waals surface area contributed by atoms with Gasteiger partial charge in [0, 0.05) is 37.7 Å². The summed E-state index contributed by atoms with van der Waals surface area (Å²) in [7, 11) is 0. The van der Waals surface area contributed by atoms with Gasteiger partial charge in [-0.1, -0.05) is 17.7 Å². The summed E-state index contributed by atoms with van der Waals surface area (Å²) in [6, 6.07) is 4.09. The van der Waals surface area contributed by atoms with E-state index in [0.717, 1.165) is 13.1 Å². The van der Waals surface area contributed by atoms with Gasteiger partial charge >= 0.3 is 0 Å². The SMILES string of the molecule is O=C(Cc1ccc(F)cc1Cl)N1CCN(CCO)CC1. The molecule has 1 N–H and O–H groups in total. The summed E-state index contributed by atoms with van der Waals surface area (Å²) >= 11 is 5.93. The Morgan fingerprint density at radius 2 is 2.00 bits per heavy atom. The molecule has 110 valence electrons. The van der Waals surface area contributed by atoms with E-state index >= 15 is 0 Å². The molecule has 1 aliphatic rings. The molecule has 20 heavy (non-hydrogen) atoms. The minimum Gasteiger partial charge on any atom is -0.395 e. The molecule has 0 bridgehead atoms. The summed E-state index contributed by atoms with van der Waals surface area (Å²) in [5.74, 6) is -0.397. The van der Waals surface area contributed by atoms with Crippen molar-refractivity contribution in [3.8, 4) is 0 Å². The van der Waals surface area contributed by atoms with Gasteiger partial charge < -0.3 is 10.0 Å². The topological polar surface area (TPSA) is 43.8 Å². The zero-order valence-corrected chi connectivity index (χ0v) is 11.9. The molecule has 0 radical (unpaired) electrons. The molecule has 1 aliphatic heterocycles. The fourth-order valence-corrected chi connectivity index (χ4v) is 2.54. The lowest BCUT2D eigenvalue weighted by molar-refractivity contribution is -0.132. The van der Waals surface area contributed by atoms with Gasteiger partial charge in [0.1, 0.15) is 5.82 Å². The van der Waals surface area contributed by atoms with Crippen molar-refractivity contribution in [2.45, 2.75) is 6.42 Å². The maximum Gasteiger partial charge on any atom is 0.227 e. The predicted molar refractivity (Wildman–Crippen MR) is 75.2 cm³/mol. The first kappa shape index (κ1) is 15.2. The Labute approximate surface area is 122 Å². The molecular weight excluding hydrogens is 283 g/mol. The van der Waals surface area contributed by atoms with Crippen molar-refractivity contribution >= 4 is 17.5 Å². The molecule has 0 aliphatic carbocycles. The maximum absolute atomic E-state index is 12.9. The highest BCUT2D eigenvalue weighted by Crippen LogP contribution is 2.18. The Balaban J connectivity index is 1.89. The number of aliphatic hydroxyl groups excluding tert-OH is 1. The quantitative estimate of drug-likeness (QED) is 0.907. The van der Waals surface area contributed by atoms with Gasteiger partial charge in [-0.3, -0.25) is 9.69 Å². The highest BCUT2D eigenvalue weighted by Gasteiger charge is 2.21. The van der Waals surface area contributed by atoms with Gasteiger partial charge in [-0.25, -0.2) is 4.39 Å². The van der Waals surface area contributed by atoms with Crippen molar-refractivity contribution in [3.63, 3.8) is 0 Å². The van der Waals surface area contributed by atoms with Crippen molar-refractivity contribution in [2.75, 3.05) is 39.3 Å². The van der Waals surface area contributed by atoms with Gasteiger partial charge in [0.25, 0.3) is 0 Å². The fourth-order valence-electron chi connectivity index (χ4n) is 2.30. The summed E-state index contributed by atoms with van der Waals surface area (Å²) in [6.45, 7) is 3.62. The fraction of sp³-hybridized carbons (Fsp3) is 0.500. The Morgan fingerprint density at radius 1 is 1.30 bits per heavy atom. The standard InChI is InChI=1S/C14H18ClFN2O2/c15-13-10-12(16)2-1-11(13)9-14(20)18-5-3-17(4-6-18)7-8-19/h1-2,10,19H,3-9H2. The summed E-state index contributed by atoms with van der Waals surface area (Å²) in [5, 5.41) is 9.16. The molecule has 0 atom stereocenters. The van der Waals surface area contributed by atoms with Crippen molar-refractivity contribution in [1.29, 1.82) is 0 Å². The molecule has 2 rings (SSSR count). The lowest BCUT2D eigenvalue weighted by Crippen LogP contribution is -2.49. The second-order valence-electron chi connectivity index (χ2n) is 4.86. The number of rotatable bonds is 4. The summed E-state index contributed by atoms with van der Waals surface area (Å²) in [5.41, 5.74) is 0.649. The lowest BCUT2D eigenvalue weighted by atomic mass is 10.1. The van der Waals surface area contributed by atoms with Gasteiger partial charge in [-0.15, -0.1) is 0 Å². The summed E-state index contributed by atoms with van der Waals surface area (Å²) in [4.78, 5) is 16.1. The number of aliphatic hydroxyl groups is 1. The third kappa shape index (κ3) is 3.91. The average Bonchev–Trinajstić information content (AvgIpc) is 2.43. The number of piperazine rings is 1. The van der Waals surface area contributed by atoms with Crippen LogP contribution in [0.25, 0.3) is 0 Å². The number of benzene rings is 1. The molecule has 0 aromatic heterocycles. The molecule has 4 nitrogen and oxygen atoms in total. The molecule has 6 heteroatoms. The summed E-state index contributed by atoms with van der Waals surface area (Å²) < 4.78 is 12.9. The molecule has 1 heterocycles. The second-order valence-corrected chi connectivity index (χ2v) is 5.27. The first-order valence-corrected chi connectivity index (χ1v) is 7.03. The highest BCUT2D eigenvalue weighted by molar-refractivity contribution is 6.31. The van der Waals surface area contributed by atoms with Crippen LogP contribution in [0.4, 0.5) is 4.39 Å². The van der Waals surface area contributed by atoms with Crippen LogP contribution in [0.3, 0.4) is 0 Å². The van der Waals surface area contributed by atoms with Crippen molar-refractivity contribution in [3.05, 3.63) is 34.6 Å². The van der Waals surface area contributed by atoms with E-state index in [1.165, 1.54) is 12.1 Å². The number of β-amino-alcohol motifs (C(OH)–C–C–N with tert-alkyl or cyclic N) is 1. The van der Waals surface area contributed by atoms with Crippen LogP contribution in [0.2, 0.25) is 5.02 Å². The number of hydrogen-bond acceptors (Lipinski definition) is 3. The van der Waals surface area contributed by atoms with Gasteiger partial charge in [0.2, 0.25) is 5.91 Å². The third-order valence-electron chi connectivity index (χ3n) is 3.50. The highest BCUT2D eigenvalue weighted by atomic mass is 35.5. The molecule has 0 spiro atoms. The van der Waals surface area contributed by atoms with Crippen LogP contribution in [-0.2, 0) is 11.2 Å². The Hall–Kier alpha value is -1.17. The van der Waals surface area contributed by atoms with Crippen molar-refractivity contribution in [2.24, 2.45) is 0 Å². The lowest BCUT2D eigenvalue weighted by Gasteiger charge is -2.34. The van der Waals surface area contributed by atoms with Crippen LogP contribution < -0.4 is 0 Å². The van der Waals surface area contributed by atoms with Crippen LogP contribution in [0.15, 0.2) is 18.2 Å². The first-order chi connectivity index (χ1) is 9.60. The van der Waals surface area contributed by atoms with E-state index in [-0.39, 0.29) is 24.0 Å². The zero-order valence-electron chi connectivity index (χ0n) is 11.2. The number of nitrogens with zero attached hydrogens (tertiary/aromatic N) is 2. The smallest absolute Gasteiger partial charge is 0.227 e. The van der Waals surface area contributed by atoms with Gasteiger partial charge in [-0.2, -0.15) is 0 Å². The molecular formula is C14H18ClFN2O2. The Bertz CT molecular complexity index is 476. The number of carbonyl (C=O) groups is 1. The summed E-state index contributed by atoms with van der Waals surface area (Å²) in [6.07, 6.45) is 0.194. The average molecular weight is 301 g/mol. The van der Waals surface area contributed by atoms with Crippen LogP contribution in [0, 0.1) is 5.82 Å². The number of hydrogen-bond donors (Lipinski definition) is 1. The molecule has 1 aromatic carbocycles. The van der Waals surface area contributed by atoms with Crippen LogP contribution >= 0.6 is 11.6 Å². The van der Waals surface area contributed by atoms with E-state index in [1.54, 1.807) is 11.0 Å². The largest absolute Gasteiger partial charge is 0.395 e. The Morgan fingerprint density at radius 3 is 2.60 bits per heavy atom. The third-order valence-corrected chi connectivity index (χ3v) is 3.85. The van der Waals surface area contributed by atoms with E-state index in [2.05, 4.69) is 4.90 Å². The molecule has 0 saturated carbocycles. The van der Waals surface area contributed by atoms with Crippen LogP contribution in [0.1, 0.15) is 5.56 Å². The normalized spacial score (nSPS) is 16.4.